The molecule has 3 aromatic rings. The van der Waals surface area contributed by atoms with Crippen LogP contribution >= 0.6 is 11.6 Å². The Morgan fingerprint density at radius 1 is 1.06 bits per heavy atom. The first-order chi connectivity index (χ1) is 16.2. The molecule has 0 spiro atoms. The lowest BCUT2D eigenvalue weighted by Crippen LogP contribution is -2.27. The molecule has 0 radical (unpaired) electrons. The number of benzene rings is 3. The van der Waals surface area contributed by atoms with Crippen molar-refractivity contribution in [2.24, 2.45) is 5.14 Å². The van der Waals surface area contributed by atoms with Crippen molar-refractivity contribution in [1.82, 2.24) is 0 Å². The number of carbonyl (C=O) groups excluding carboxylic acids is 2. The number of halogens is 1. The lowest BCUT2D eigenvalue weighted by atomic mass is 10.0. The number of hydrogen-bond acceptors (Lipinski definition) is 5. The molecule has 1 heterocycles. The Bertz CT molecular complexity index is 1480. The van der Waals surface area contributed by atoms with Gasteiger partial charge in [0.1, 0.15) is 11.6 Å². The summed E-state index contributed by atoms with van der Waals surface area (Å²) in [6.45, 7) is 0.243. The van der Waals surface area contributed by atoms with Crippen LogP contribution in [-0.2, 0) is 26.2 Å². The predicted octanol–water partition coefficient (Wildman–Crippen LogP) is 3.45. The smallest absolute Gasteiger partial charge is 0.267 e. The summed E-state index contributed by atoms with van der Waals surface area (Å²) >= 11 is 6.16. The van der Waals surface area contributed by atoms with Crippen LogP contribution in [0.4, 0.5) is 11.4 Å². The highest BCUT2D eigenvalue weighted by Crippen LogP contribution is 2.41. The van der Waals surface area contributed by atoms with Crippen LogP contribution in [0.25, 0.3) is 5.57 Å². The number of fused-ring (bicyclic) bond motifs is 1. The van der Waals surface area contributed by atoms with Crippen molar-refractivity contribution in [3.05, 3.63) is 94.5 Å². The van der Waals surface area contributed by atoms with Gasteiger partial charge in [-0.25, -0.2) is 13.6 Å². The summed E-state index contributed by atoms with van der Waals surface area (Å²) in [7, 11) is -3.90. The fourth-order valence-electron chi connectivity index (χ4n) is 3.61. The fraction of sp³-hybridized carbons (Fsp3) is 0.0417. The number of anilines is 2. The molecule has 3 N–H and O–H groups in total. The summed E-state index contributed by atoms with van der Waals surface area (Å²) in [5.41, 5.74) is 1.56. The van der Waals surface area contributed by atoms with E-state index in [2.05, 4.69) is 5.32 Å². The van der Waals surface area contributed by atoms with Crippen molar-refractivity contribution in [1.29, 1.82) is 5.26 Å². The number of sulfonamides is 1. The van der Waals surface area contributed by atoms with E-state index < -0.39 is 21.8 Å². The zero-order valence-corrected chi connectivity index (χ0v) is 19.1. The maximum Gasteiger partial charge on any atom is 0.267 e. The fourth-order valence-corrected chi connectivity index (χ4v) is 4.30. The van der Waals surface area contributed by atoms with E-state index in [1.54, 1.807) is 18.2 Å². The van der Waals surface area contributed by atoms with Crippen LogP contribution < -0.4 is 15.4 Å². The van der Waals surface area contributed by atoms with Crippen LogP contribution in [0, 0.1) is 11.3 Å². The molecule has 8 nitrogen and oxygen atoms in total. The van der Waals surface area contributed by atoms with Gasteiger partial charge in [-0.2, -0.15) is 5.26 Å². The molecular weight excluding hydrogens is 476 g/mol. The molecule has 0 saturated heterocycles. The summed E-state index contributed by atoms with van der Waals surface area (Å²) in [6, 6.07) is 21.1. The van der Waals surface area contributed by atoms with Crippen molar-refractivity contribution in [2.75, 3.05) is 10.2 Å². The van der Waals surface area contributed by atoms with Gasteiger partial charge in [0, 0.05) is 16.3 Å². The zero-order chi connectivity index (χ0) is 24.5. The van der Waals surface area contributed by atoms with E-state index in [-0.39, 0.29) is 28.3 Å². The normalized spacial score (nSPS) is 14.4. The minimum atomic E-state index is -3.90. The predicted molar refractivity (Wildman–Crippen MR) is 128 cm³/mol. The SMILES string of the molecule is N#C/C(C(=O)Nc1ccc(S(N)(=O)=O)cc1)=C1\C(=O)N(Cc2ccccc2)c2ccc(Cl)cc21. The number of hydrogen-bond donors (Lipinski definition) is 2. The van der Waals surface area contributed by atoms with Gasteiger partial charge in [0.2, 0.25) is 10.0 Å². The Hall–Kier alpha value is -3.97. The molecule has 3 aromatic carbocycles. The first kappa shape index (κ1) is 23.2. The van der Waals surface area contributed by atoms with Crippen LogP contribution in [0.5, 0.6) is 0 Å². The number of carbonyl (C=O) groups is 2. The molecule has 0 bridgehead atoms. The average Bonchev–Trinajstić information content (AvgIpc) is 3.06. The molecule has 1 aliphatic heterocycles. The molecular formula is C24H17ClN4O4S. The van der Waals surface area contributed by atoms with Gasteiger partial charge in [-0.05, 0) is 48.0 Å². The quantitative estimate of drug-likeness (QED) is 0.415. The minimum Gasteiger partial charge on any atom is -0.321 e. The molecule has 1 aliphatic rings. The molecule has 0 aliphatic carbocycles. The van der Waals surface area contributed by atoms with Crippen molar-refractivity contribution in [3.8, 4) is 6.07 Å². The molecule has 170 valence electrons. The van der Waals surface area contributed by atoms with Gasteiger partial charge in [-0.1, -0.05) is 41.9 Å². The van der Waals surface area contributed by atoms with Crippen LogP contribution in [0.15, 0.2) is 83.3 Å². The van der Waals surface area contributed by atoms with Crippen molar-refractivity contribution >= 4 is 50.4 Å². The van der Waals surface area contributed by atoms with Crippen LogP contribution in [0.2, 0.25) is 5.02 Å². The van der Waals surface area contributed by atoms with Crippen LogP contribution in [0.3, 0.4) is 0 Å². The Morgan fingerprint density at radius 3 is 2.35 bits per heavy atom. The number of amides is 2. The third-order valence-corrected chi connectivity index (χ3v) is 6.36. The van der Waals surface area contributed by atoms with Gasteiger partial charge in [0.05, 0.1) is 22.7 Å². The van der Waals surface area contributed by atoms with Gasteiger partial charge < -0.3 is 10.2 Å². The lowest BCUT2D eigenvalue weighted by Gasteiger charge is -2.17. The molecule has 4 rings (SSSR count). The molecule has 0 aromatic heterocycles. The standard InChI is InChI=1S/C24H17ClN4O4S/c25-16-6-11-21-19(12-16)22(24(31)29(21)14-15-4-2-1-3-5-15)20(13-26)23(30)28-17-7-9-18(10-8-17)34(27,32)33/h1-12H,14H2,(H,28,30)(H2,27,32,33)/b22-20+. The molecule has 2 amide bonds. The number of nitriles is 1. The number of nitrogens with two attached hydrogens (primary N) is 1. The number of primary sulfonamides is 1. The summed E-state index contributed by atoms with van der Waals surface area (Å²) < 4.78 is 22.8. The van der Waals surface area contributed by atoms with E-state index in [0.29, 0.717) is 16.3 Å². The first-order valence-electron chi connectivity index (χ1n) is 9.93. The Balaban J connectivity index is 1.72. The Labute approximate surface area is 200 Å². The molecule has 0 unspecified atom stereocenters. The molecule has 10 heteroatoms. The topological polar surface area (TPSA) is 133 Å². The van der Waals surface area contributed by atoms with E-state index in [1.807, 2.05) is 36.4 Å². The van der Waals surface area contributed by atoms with Crippen LogP contribution in [0.1, 0.15) is 11.1 Å². The van der Waals surface area contributed by atoms with Crippen molar-refractivity contribution in [2.45, 2.75) is 11.4 Å². The lowest BCUT2D eigenvalue weighted by molar-refractivity contribution is -0.114. The maximum atomic E-state index is 13.4. The second-order valence-corrected chi connectivity index (χ2v) is 9.42. The molecule has 0 atom stereocenters. The highest BCUT2D eigenvalue weighted by molar-refractivity contribution is 7.89. The summed E-state index contributed by atoms with van der Waals surface area (Å²) in [5, 5.41) is 17.8. The van der Waals surface area contributed by atoms with E-state index in [1.165, 1.54) is 29.2 Å². The van der Waals surface area contributed by atoms with E-state index in [0.717, 1.165) is 5.56 Å². The van der Waals surface area contributed by atoms with E-state index >= 15 is 0 Å². The first-order valence-corrected chi connectivity index (χ1v) is 11.9. The average molecular weight is 493 g/mol. The van der Waals surface area contributed by atoms with Gasteiger partial charge in [-0.15, -0.1) is 0 Å². The summed E-state index contributed by atoms with van der Waals surface area (Å²) in [6.07, 6.45) is 0. The molecule has 0 saturated carbocycles. The molecule has 34 heavy (non-hydrogen) atoms. The second-order valence-electron chi connectivity index (χ2n) is 7.42. The number of nitrogens with one attached hydrogen (secondary N) is 1. The second kappa shape index (κ2) is 9.11. The van der Waals surface area contributed by atoms with Gasteiger partial charge >= 0.3 is 0 Å². The minimum absolute atomic E-state index is 0.0606. The highest BCUT2D eigenvalue weighted by Gasteiger charge is 2.36. The summed E-state index contributed by atoms with van der Waals surface area (Å²) in [5.74, 6) is -1.32. The highest BCUT2D eigenvalue weighted by atomic mass is 35.5. The molecule has 0 fully saturated rings. The third kappa shape index (κ3) is 4.56. The van der Waals surface area contributed by atoms with Crippen molar-refractivity contribution < 1.29 is 18.0 Å². The third-order valence-electron chi connectivity index (χ3n) is 5.19. The van der Waals surface area contributed by atoms with Gasteiger partial charge in [0.15, 0.2) is 0 Å². The van der Waals surface area contributed by atoms with Crippen molar-refractivity contribution in [3.63, 3.8) is 0 Å². The monoisotopic (exact) mass is 492 g/mol. The Kier molecular flexibility index (Phi) is 6.22. The zero-order valence-electron chi connectivity index (χ0n) is 17.5. The van der Waals surface area contributed by atoms with E-state index in [4.69, 9.17) is 16.7 Å². The van der Waals surface area contributed by atoms with E-state index in [9.17, 15) is 23.3 Å². The number of rotatable bonds is 5. The number of nitrogens with zero attached hydrogens (tertiary/aromatic N) is 2. The largest absolute Gasteiger partial charge is 0.321 e. The van der Waals surface area contributed by atoms with Gasteiger partial charge in [-0.3, -0.25) is 9.59 Å². The maximum absolute atomic E-state index is 13.4. The van der Waals surface area contributed by atoms with Crippen LogP contribution in [-0.4, -0.2) is 20.2 Å². The Morgan fingerprint density at radius 2 is 1.74 bits per heavy atom. The van der Waals surface area contributed by atoms with Gasteiger partial charge in [0.25, 0.3) is 11.8 Å². The summed E-state index contributed by atoms with van der Waals surface area (Å²) in [4.78, 5) is 27.7.